The van der Waals surface area contributed by atoms with Gasteiger partial charge in [0.2, 0.25) is 11.1 Å². The Balaban J connectivity index is -0.000000181. The highest BCUT2D eigenvalue weighted by Gasteiger charge is 1.87. The zero-order chi connectivity index (χ0) is 13.2. The Morgan fingerprint density at radius 1 is 1.19 bits per heavy atom. The van der Waals surface area contributed by atoms with Crippen molar-refractivity contribution in [2.75, 3.05) is 14.1 Å². The molecule has 0 radical (unpaired) electrons. The largest absolute Gasteiger partial charge is 0.311 e. The maximum atomic E-state index is 8.01. The molecule has 0 aliphatic rings. The van der Waals surface area contributed by atoms with Crippen molar-refractivity contribution in [3.8, 4) is 24.3 Å². The third-order valence-corrected chi connectivity index (χ3v) is 0.594. The lowest BCUT2D eigenvalue weighted by molar-refractivity contribution is 0.905. The van der Waals surface area contributed by atoms with E-state index in [1.165, 1.54) is 14.1 Å². The first kappa shape index (κ1) is 18.6. The fraction of sp³-hybridized carbons (Fsp3) is 0.375. The molecule has 0 atom stereocenters. The second-order valence-corrected chi connectivity index (χ2v) is 1.60. The summed E-state index contributed by atoms with van der Waals surface area (Å²) in [7, 11) is 2.83. The SMILES string of the molecule is CNN=C(C#N)C#N.C[N+]#N.N#CCC#N. The van der Waals surface area contributed by atoms with Crippen molar-refractivity contribution < 1.29 is 0 Å². The number of nitrogens with zero attached hydrogens (tertiary/aromatic N) is 7. The first-order valence-electron chi connectivity index (χ1n) is 3.70. The maximum Gasteiger partial charge on any atom is 0.296 e. The van der Waals surface area contributed by atoms with Gasteiger partial charge in [0.25, 0.3) is 7.05 Å². The first-order chi connectivity index (χ1) is 7.67. The van der Waals surface area contributed by atoms with Gasteiger partial charge in [0.05, 0.1) is 12.1 Å². The van der Waals surface area contributed by atoms with Crippen molar-refractivity contribution in [1.29, 1.82) is 26.4 Å². The molecule has 0 aromatic carbocycles. The number of nitrogens with one attached hydrogen (secondary N) is 1. The van der Waals surface area contributed by atoms with Crippen LogP contribution < -0.4 is 5.43 Å². The molecule has 0 rings (SSSR count). The molecule has 0 aliphatic carbocycles. The smallest absolute Gasteiger partial charge is 0.296 e. The standard InChI is InChI=1S/C4H4N4.C3H2N2.CH3N2/c1-7-8-4(2-5)3-6;4-2-1-3-5;1-3-2/h7H,1H3;1H2;1H3/q;;+1. The second-order valence-electron chi connectivity index (χ2n) is 1.60. The van der Waals surface area contributed by atoms with Crippen LogP contribution in [0, 0.1) is 50.7 Å². The molecule has 0 saturated carbocycles. The van der Waals surface area contributed by atoms with E-state index in [2.05, 4.69) is 15.5 Å². The Bertz CT molecular complexity index is 360. The van der Waals surface area contributed by atoms with Crippen LogP contribution >= 0.6 is 0 Å². The van der Waals surface area contributed by atoms with E-state index in [-0.39, 0.29) is 12.1 Å². The molecule has 0 heterocycles. The van der Waals surface area contributed by atoms with Gasteiger partial charge in [0, 0.05) is 7.05 Å². The molecule has 0 spiro atoms. The van der Waals surface area contributed by atoms with Crippen molar-refractivity contribution in [3.05, 3.63) is 4.98 Å². The van der Waals surface area contributed by atoms with Gasteiger partial charge in [-0.3, -0.25) is 0 Å². The van der Waals surface area contributed by atoms with E-state index in [0.717, 1.165) is 0 Å². The molecule has 0 unspecified atom stereocenters. The molecule has 0 bridgehead atoms. The number of diazo groups is 1. The summed E-state index contributed by atoms with van der Waals surface area (Å²) in [6, 6.07) is 6.47. The maximum absolute atomic E-state index is 8.01. The molecule has 0 fully saturated rings. The van der Waals surface area contributed by atoms with Crippen molar-refractivity contribution in [2.45, 2.75) is 6.42 Å². The quantitative estimate of drug-likeness (QED) is 0.384. The van der Waals surface area contributed by atoms with Crippen LogP contribution in [0.4, 0.5) is 0 Å². The zero-order valence-electron chi connectivity index (χ0n) is 8.84. The number of hydrogen-bond donors (Lipinski definition) is 1. The van der Waals surface area contributed by atoms with Crippen LogP contribution in [0.25, 0.3) is 4.98 Å². The van der Waals surface area contributed by atoms with Crippen molar-refractivity contribution in [2.24, 2.45) is 5.10 Å². The molecule has 8 heteroatoms. The summed E-state index contributed by atoms with van der Waals surface area (Å²) in [4.78, 5) is 2.50. The van der Waals surface area contributed by atoms with Crippen molar-refractivity contribution in [3.63, 3.8) is 0 Å². The minimum Gasteiger partial charge on any atom is -0.311 e. The Morgan fingerprint density at radius 3 is 1.62 bits per heavy atom. The highest BCUT2D eigenvalue weighted by molar-refractivity contribution is 6.09. The summed E-state index contributed by atoms with van der Waals surface area (Å²) >= 11 is 0. The van der Waals surface area contributed by atoms with Crippen LogP contribution in [0.3, 0.4) is 0 Å². The van der Waals surface area contributed by atoms with Crippen LogP contribution in [-0.2, 0) is 0 Å². The van der Waals surface area contributed by atoms with Crippen molar-refractivity contribution in [1.82, 2.24) is 5.43 Å². The number of hydrogen-bond acceptors (Lipinski definition) is 7. The molecular weight excluding hydrogens is 208 g/mol. The van der Waals surface area contributed by atoms with Gasteiger partial charge in [0.15, 0.2) is 0 Å². The summed E-state index contributed by atoms with van der Waals surface area (Å²) in [5.74, 6) is 0. The lowest BCUT2D eigenvalue weighted by Crippen LogP contribution is -1.99. The molecule has 1 N–H and O–H groups in total. The normalized spacial score (nSPS) is 4.81. The first-order valence-corrected chi connectivity index (χ1v) is 3.70. The average Bonchev–Trinajstić information content (AvgIpc) is 2.29. The van der Waals surface area contributed by atoms with Crippen LogP contribution in [0.15, 0.2) is 5.10 Å². The number of nitriles is 4. The monoisotopic (exact) mass is 217 g/mol. The van der Waals surface area contributed by atoms with E-state index < -0.39 is 0 Å². The van der Waals surface area contributed by atoms with Gasteiger partial charge in [-0.2, -0.15) is 26.1 Å². The highest BCUT2D eigenvalue weighted by atomic mass is 15.3. The molecule has 8 nitrogen and oxygen atoms in total. The summed E-state index contributed by atoms with van der Waals surface area (Å²) in [6.07, 6.45) is 0. The van der Waals surface area contributed by atoms with Gasteiger partial charge < -0.3 is 5.43 Å². The van der Waals surface area contributed by atoms with Gasteiger partial charge in [0.1, 0.15) is 23.5 Å². The van der Waals surface area contributed by atoms with Gasteiger partial charge in [-0.1, -0.05) is 0 Å². The molecule has 0 aromatic heterocycles. The Morgan fingerprint density at radius 2 is 1.56 bits per heavy atom. The summed E-state index contributed by atoms with van der Waals surface area (Å²) in [5.41, 5.74) is 2.15. The van der Waals surface area contributed by atoms with E-state index in [1.807, 2.05) is 0 Å². The lowest BCUT2D eigenvalue weighted by atomic mass is 10.5. The summed E-state index contributed by atoms with van der Waals surface area (Å²) in [6.45, 7) is 0. The molecule has 0 aliphatic heterocycles. The molecule has 0 saturated heterocycles. The van der Waals surface area contributed by atoms with Gasteiger partial charge >= 0.3 is 0 Å². The van der Waals surface area contributed by atoms with Gasteiger partial charge in [-0.25, -0.2) is 0 Å². The third kappa shape index (κ3) is 30.8. The third-order valence-electron chi connectivity index (χ3n) is 0.594. The second kappa shape index (κ2) is 22.6. The summed E-state index contributed by atoms with van der Waals surface area (Å²) in [5, 5.41) is 41.7. The van der Waals surface area contributed by atoms with Crippen LogP contribution in [0.1, 0.15) is 6.42 Å². The van der Waals surface area contributed by atoms with E-state index >= 15 is 0 Å². The van der Waals surface area contributed by atoms with E-state index in [4.69, 9.17) is 26.4 Å². The minimum absolute atomic E-state index is 0. The Hall–Kier alpha value is -3.15. The number of hydrazone groups is 1. The van der Waals surface area contributed by atoms with Gasteiger partial charge in [-0.05, 0) is 0 Å². The zero-order valence-corrected chi connectivity index (χ0v) is 8.84. The molecular formula is C8H9N8+. The fourth-order valence-corrected chi connectivity index (χ4v) is 0.222. The van der Waals surface area contributed by atoms with E-state index in [1.54, 1.807) is 24.3 Å². The lowest BCUT2D eigenvalue weighted by Gasteiger charge is -1.80. The predicted molar refractivity (Wildman–Crippen MR) is 54.6 cm³/mol. The highest BCUT2D eigenvalue weighted by Crippen LogP contribution is 1.65. The average molecular weight is 217 g/mol. The topological polar surface area (TPSA) is 148 Å². The summed E-state index contributed by atoms with van der Waals surface area (Å²) < 4.78 is 0. The van der Waals surface area contributed by atoms with Crippen LogP contribution in [-0.4, -0.2) is 19.8 Å². The van der Waals surface area contributed by atoms with Crippen molar-refractivity contribution >= 4 is 5.71 Å². The number of rotatable bonds is 1. The van der Waals surface area contributed by atoms with E-state index in [9.17, 15) is 0 Å². The fourth-order valence-electron chi connectivity index (χ4n) is 0.222. The Labute approximate surface area is 93.3 Å². The minimum atomic E-state index is -0.160. The molecule has 0 amide bonds. The van der Waals surface area contributed by atoms with Gasteiger partial charge in [-0.15, -0.1) is 0 Å². The van der Waals surface area contributed by atoms with Crippen LogP contribution in [0.2, 0.25) is 0 Å². The predicted octanol–water partition coefficient (Wildman–Crippen LogP) is 0.502. The molecule has 16 heavy (non-hydrogen) atoms. The van der Waals surface area contributed by atoms with E-state index in [0.29, 0.717) is 0 Å². The molecule has 0 aromatic rings. The van der Waals surface area contributed by atoms with Crippen LogP contribution in [0.5, 0.6) is 0 Å². The molecule has 80 valence electrons. The Kier molecular flexibility index (Phi) is 26.3.